The number of hydrogen-bond acceptors (Lipinski definition) is 4. The number of carbonyl (C=O) groups is 2. The Labute approximate surface area is 236 Å². The summed E-state index contributed by atoms with van der Waals surface area (Å²) in [4.78, 5) is 28.5. The lowest BCUT2D eigenvalue weighted by Gasteiger charge is -2.33. The van der Waals surface area contributed by atoms with Gasteiger partial charge in [0.1, 0.15) is 12.6 Å². The second-order valence-electron chi connectivity index (χ2n) is 11.2. The minimum Gasteiger partial charge on any atom is -0.352 e. The van der Waals surface area contributed by atoms with Gasteiger partial charge < -0.3 is 10.2 Å². The van der Waals surface area contributed by atoms with Crippen LogP contribution in [0.2, 0.25) is 0 Å². The predicted molar refractivity (Wildman–Crippen MR) is 157 cm³/mol. The van der Waals surface area contributed by atoms with E-state index in [1.807, 2.05) is 36.4 Å². The van der Waals surface area contributed by atoms with Crippen molar-refractivity contribution in [2.24, 2.45) is 0 Å². The van der Waals surface area contributed by atoms with Crippen LogP contribution in [-0.4, -0.2) is 50.0 Å². The number of hydrogen-bond donors (Lipinski definition) is 1. The Bertz CT molecular complexity index is 1200. The molecule has 0 aliphatic heterocycles. The Hall–Kier alpha value is -2.39. The minimum absolute atomic E-state index is 0.0904. The molecule has 2 aromatic carbocycles. The maximum Gasteiger partial charge on any atom is 0.244 e. The zero-order chi connectivity index (χ0) is 28.1. The topological polar surface area (TPSA) is 86.8 Å². The second kappa shape index (κ2) is 12.6. The highest BCUT2D eigenvalue weighted by Gasteiger charge is 2.31. The molecule has 38 heavy (non-hydrogen) atoms. The summed E-state index contributed by atoms with van der Waals surface area (Å²) >= 11 is 3.43. The lowest BCUT2D eigenvalue weighted by Crippen LogP contribution is -2.52. The van der Waals surface area contributed by atoms with Crippen molar-refractivity contribution < 1.29 is 18.0 Å². The quantitative estimate of drug-likeness (QED) is 0.416. The maximum atomic E-state index is 13.7. The van der Waals surface area contributed by atoms with Crippen LogP contribution in [0.25, 0.3) is 0 Å². The van der Waals surface area contributed by atoms with Crippen LogP contribution in [0.1, 0.15) is 70.9 Å². The molecule has 1 atom stereocenters. The second-order valence-corrected chi connectivity index (χ2v) is 14.1. The molecule has 0 saturated heterocycles. The van der Waals surface area contributed by atoms with Crippen molar-refractivity contribution in [2.45, 2.75) is 83.8 Å². The molecule has 7 nitrogen and oxygen atoms in total. The maximum absolute atomic E-state index is 13.7. The van der Waals surface area contributed by atoms with Gasteiger partial charge in [0.25, 0.3) is 0 Å². The molecule has 0 unspecified atom stereocenters. The highest BCUT2D eigenvalue weighted by atomic mass is 79.9. The first-order chi connectivity index (χ1) is 17.8. The smallest absolute Gasteiger partial charge is 0.244 e. The number of nitrogens with zero attached hydrogens (tertiary/aromatic N) is 2. The monoisotopic (exact) mass is 605 g/mol. The number of rotatable bonds is 9. The van der Waals surface area contributed by atoms with E-state index in [0.29, 0.717) is 5.69 Å². The largest absolute Gasteiger partial charge is 0.352 e. The van der Waals surface area contributed by atoms with Gasteiger partial charge in [0.05, 0.1) is 11.9 Å². The number of nitrogens with one attached hydrogen (secondary N) is 1. The summed E-state index contributed by atoms with van der Waals surface area (Å²) in [5, 5.41) is 3.11. The molecule has 0 spiro atoms. The highest BCUT2D eigenvalue weighted by molar-refractivity contribution is 9.10. The number of carbonyl (C=O) groups excluding carboxylic acids is 2. The molecule has 1 aliphatic rings. The highest BCUT2D eigenvalue weighted by Crippen LogP contribution is 2.26. The molecule has 2 aromatic rings. The molecule has 0 aromatic heterocycles. The minimum atomic E-state index is -3.76. The van der Waals surface area contributed by atoms with Gasteiger partial charge in [0.2, 0.25) is 21.8 Å². The van der Waals surface area contributed by atoms with Crippen LogP contribution in [0, 0.1) is 0 Å². The number of halogens is 1. The van der Waals surface area contributed by atoms with Gasteiger partial charge in [-0.05, 0) is 60.6 Å². The van der Waals surface area contributed by atoms with Gasteiger partial charge in [-0.15, -0.1) is 0 Å². The van der Waals surface area contributed by atoms with Crippen molar-refractivity contribution >= 4 is 43.5 Å². The van der Waals surface area contributed by atoms with Gasteiger partial charge in [-0.1, -0.05) is 80.2 Å². The molecule has 1 aliphatic carbocycles. The molecule has 2 amide bonds. The third kappa shape index (κ3) is 8.30. The Morgan fingerprint density at radius 3 is 2.11 bits per heavy atom. The molecule has 9 heteroatoms. The Morgan fingerprint density at radius 2 is 1.58 bits per heavy atom. The molecule has 0 heterocycles. The van der Waals surface area contributed by atoms with Gasteiger partial charge in [-0.3, -0.25) is 13.9 Å². The third-order valence-electron chi connectivity index (χ3n) is 7.09. The van der Waals surface area contributed by atoms with Gasteiger partial charge in [0, 0.05) is 17.1 Å². The molecular formula is C29H40BrN3O4S. The van der Waals surface area contributed by atoms with Crippen LogP contribution < -0.4 is 9.62 Å². The van der Waals surface area contributed by atoms with Crippen LogP contribution in [0.15, 0.2) is 53.0 Å². The summed E-state index contributed by atoms with van der Waals surface area (Å²) in [5.41, 5.74) is 2.23. The van der Waals surface area contributed by atoms with Crippen molar-refractivity contribution in [3.8, 4) is 0 Å². The van der Waals surface area contributed by atoms with Crippen LogP contribution in [0.5, 0.6) is 0 Å². The zero-order valence-corrected chi connectivity index (χ0v) is 25.4. The van der Waals surface area contributed by atoms with E-state index in [9.17, 15) is 18.0 Å². The van der Waals surface area contributed by atoms with Gasteiger partial charge in [-0.2, -0.15) is 0 Å². The van der Waals surface area contributed by atoms with Crippen molar-refractivity contribution in [1.82, 2.24) is 10.2 Å². The summed E-state index contributed by atoms with van der Waals surface area (Å²) in [7, 11) is -3.76. The van der Waals surface area contributed by atoms with E-state index in [-0.39, 0.29) is 23.9 Å². The van der Waals surface area contributed by atoms with Crippen molar-refractivity contribution in [1.29, 1.82) is 0 Å². The fourth-order valence-corrected chi connectivity index (χ4v) is 5.79. The van der Waals surface area contributed by atoms with Crippen molar-refractivity contribution in [3.63, 3.8) is 0 Å². The van der Waals surface area contributed by atoms with Crippen molar-refractivity contribution in [3.05, 3.63) is 64.1 Å². The van der Waals surface area contributed by atoms with E-state index in [1.54, 1.807) is 19.1 Å². The summed E-state index contributed by atoms with van der Waals surface area (Å²) in [6.07, 6.45) is 6.30. The first-order valence-electron chi connectivity index (χ1n) is 13.2. The van der Waals surface area contributed by atoms with Crippen LogP contribution >= 0.6 is 15.9 Å². The van der Waals surface area contributed by atoms with Gasteiger partial charge in [-0.25, -0.2) is 8.42 Å². The van der Waals surface area contributed by atoms with E-state index < -0.39 is 28.5 Å². The van der Waals surface area contributed by atoms with E-state index in [1.165, 1.54) is 11.3 Å². The predicted octanol–water partition coefficient (Wildman–Crippen LogP) is 5.38. The molecule has 1 fully saturated rings. The SMILES string of the molecule is C[C@@H](C(=O)NC1CCCCC1)N(Cc1ccc(Br)cc1)C(=O)CN(c1ccc(C(C)(C)C)cc1)S(C)(=O)=O. The normalized spacial score (nSPS) is 15.5. The summed E-state index contributed by atoms with van der Waals surface area (Å²) in [6, 6.07) is 14.1. The lowest BCUT2D eigenvalue weighted by molar-refractivity contribution is -0.139. The van der Waals surface area contributed by atoms with Crippen molar-refractivity contribution in [2.75, 3.05) is 17.1 Å². The summed E-state index contributed by atoms with van der Waals surface area (Å²) in [5.74, 6) is -0.660. The first kappa shape index (κ1) is 30.2. The molecular weight excluding hydrogens is 566 g/mol. The van der Waals surface area contributed by atoms with Gasteiger partial charge in [0.15, 0.2) is 0 Å². The lowest BCUT2D eigenvalue weighted by atomic mass is 9.87. The molecule has 1 saturated carbocycles. The first-order valence-corrected chi connectivity index (χ1v) is 15.8. The molecule has 3 rings (SSSR count). The number of amides is 2. The summed E-state index contributed by atoms with van der Waals surface area (Å²) < 4.78 is 27.6. The fourth-order valence-electron chi connectivity index (χ4n) is 4.68. The standard InChI is InChI=1S/C29H40BrN3O4S/c1-21(28(35)31-25-9-7-6-8-10-25)32(19-22-11-15-24(30)16-12-22)27(34)20-33(38(5,36)37)26-17-13-23(14-18-26)29(2,3)4/h11-18,21,25H,6-10,19-20H2,1-5H3,(H,31,35)/t21-/m0/s1. The number of anilines is 1. The zero-order valence-electron chi connectivity index (χ0n) is 23.0. The Kier molecular flexibility index (Phi) is 10.0. The van der Waals surface area contributed by atoms with E-state index in [4.69, 9.17) is 0 Å². The fraction of sp³-hybridized carbons (Fsp3) is 0.517. The average Bonchev–Trinajstić information content (AvgIpc) is 2.86. The van der Waals surface area contributed by atoms with E-state index in [0.717, 1.165) is 51.8 Å². The third-order valence-corrected chi connectivity index (χ3v) is 8.75. The van der Waals surface area contributed by atoms with Crippen LogP contribution in [0.4, 0.5) is 5.69 Å². The molecule has 0 radical (unpaired) electrons. The van der Waals surface area contributed by atoms with E-state index in [2.05, 4.69) is 42.0 Å². The Balaban J connectivity index is 1.87. The Morgan fingerprint density at radius 1 is 1.00 bits per heavy atom. The number of sulfonamides is 1. The van der Waals surface area contributed by atoms with E-state index >= 15 is 0 Å². The van der Waals surface area contributed by atoms with Gasteiger partial charge >= 0.3 is 0 Å². The average molecular weight is 607 g/mol. The molecule has 208 valence electrons. The number of benzene rings is 2. The molecule has 1 N–H and O–H groups in total. The summed E-state index contributed by atoms with van der Waals surface area (Å²) in [6.45, 7) is 7.74. The van der Waals surface area contributed by atoms with Crippen LogP contribution in [0.3, 0.4) is 0 Å². The van der Waals surface area contributed by atoms with Crippen LogP contribution in [-0.2, 0) is 31.6 Å². The molecule has 0 bridgehead atoms.